The van der Waals surface area contributed by atoms with Gasteiger partial charge in [-0.2, -0.15) is 4.68 Å². The first-order chi connectivity index (χ1) is 12.1. The molecule has 1 N–H and O–H groups in total. The zero-order valence-electron chi connectivity index (χ0n) is 13.1. The van der Waals surface area contributed by atoms with Crippen LogP contribution in [0.25, 0.3) is 5.69 Å². The number of thioether (sulfide) groups is 1. The summed E-state index contributed by atoms with van der Waals surface area (Å²) in [5.74, 6) is -1.94. The fraction of sp³-hybridized carbons (Fsp3) is 0.125. The van der Waals surface area contributed by atoms with Crippen molar-refractivity contribution in [1.29, 1.82) is 0 Å². The predicted molar refractivity (Wildman–Crippen MR) is 88.5 cm³/mol. The molecule has 3 aromatic rings. The highest BCUT2D eigenvalue weighted by Gasteiger charge is 2.14. The third-order valence-corrected chi connectivity index (χ3v) is 4.24. The van der Waals surface area contributed by atoms with Crippen LogP contribution in [0.2, 0.25) is 0 Å². The SMILES string of the molecule is CSc1ccccc1C(=O)NCc1nnnn1-c1ccc(F)c(F)c1. The van der Waals surface area contributed by atoms with Crippen molar-refractivity contribution in [2.45, 2.75) is 11.4 Å². The number of halogens is 2. The number of aromatic nitrogens is 4. The molecule has 0 bridgehead atoms. The zero-order chi connectivity index (χ0) is 17.8. The number of amides is 1. The van der Waals surface area contributed by atoms with Gasteiger partial charge in [-0.1, -0.05) is 12.1 Å². The van der Waals surface area contributed by atoms with E-state index in [1.807, 2.05) is 18.4 Å². The van der Waals surface area contributed by atoms with Crippen LogP contribution < -0.4 is 5.32 Å². The smallest absolute Gasteiger partial charge is 0.252 e. The van der Waals surface area contributed by atoms with E-state index in [1.54, 1.807) is 12.1 Å². The maximum atomic E-state index is 13.4. The standard InChI is InChI=1S/C16H13F2N5OS/c1-25-14-5-3-2-4-11(14)16(24)19-9-15-20-21-22-23(15)10-6-7-12(17)13(18)8-10/h2-8H,9H2,1H3,(H,19,24). The summed E-state index contributed by atoms with van der Waals surface area (Å²) in [7, 11) is 0. The number of tetrazole rings is 1. The highest BCUT2D eigenvalue weighted by molar-refractivity contribution is 7.98. The molecule has 0 radical (unpaired) electrons. The van der Waals surface area contributed by atoms with Crippen LogP contribution in [-0.4, -0.2) is 32.4 Å². The number of carbonyl (C=O) groups is 1. The maximum Gasteiger partial charge on any atom is 0.252 e. The minimum atomic E-state index is -1.00. The molecule has 2 aromatic carbocycles. The van der Waals surface area contributed by atoms with Gasteiger partial charge in [-0.15, -0.1) is 16.9 Å². The lowest BCUT2D eigenvalue weighted by Crippen LogP contribution is -2.25. The van der Waals surface area contributed by atoms with Gasteiger partial charge in [0, 0.05) is 11.0 Å². The second kappa shape index (κ2) is 7.39. The number of rotatable bonds is 5. The first kappa shape index (κ1) is 17.0. The Hall–Kier alpha value is -2.81. The van der Waals surface area contributed by atoms with Crippen molar-refractivity contribution in [3.63, 3.8) is 0 Å². The molecule has 3 rings (SSSR count). The lowest BCUT2D eigenvalue weighted by atomic mass is 10.2. The second-order valence-electron chi connectivity index (χ2n) is 4.99. The van der Waals surface area contributed by atoms with Gasteiger partial charge >= 0.3 is 0 Å². The molecule has 0 aliphatic rings. The van der Waals surface area contributed by atoms with E-state index in [0.29, 0.717) is 11.4 Å². The average molecular weight is 361 g/mol. The summed E-state index contributed by atoms with van der Waals surface area (Å²) >= 11 is 1.47. The quantitative estimate of drug-likeness (QED) is 0.707. The number of nitrogens with one attached hydrogen (secondary N) is 1. The number of hydrogen-bond donors (Lipinski definition) is 1. The molecule has 0 fully saturated rings. The van der Waals surface area contributed by atoms with Crippen LogP contribution in [-0.2, 0) is 6.54 Å². The molecule has 0 unspecified atom stereocenters. The van der Waals surface area contributed by atoms with Gasteiger partial charge in [0.2, 0.25) is 0 Å². The van der Waals surface area contributed by atoms with E-state index < -0.39 is 11.6 Å². The topological polar surface area (TPSA) is 72.7 Å². The van der Waals surface area contributed by atoms with Crippen LogP contribution in [0, 0.1) is 11.6 Å². The van der Waals surface area contributed by atoms with Crippen molar-refractivity contribution in [1.82, 2.24) is 25.5 Å². The van der Waals surface area contributed by atoms with E-state index in [9.17, 15) is 13.6 Å². The van der Waals surface area contributed by atoms with Crippen LogP contribution in [0.4, 0.5) is 8.78 Å². The van der Waals surface area contributed by atoms with Gasteiger partial charge in [0.25, 0.3) is 5.91 Å². The first-order valence-corrected chi connectivity index (χ1v) is 8.46. The minimum Gasteiger partial charge on any atom is -0.345 e. The Labute approximate surface area is 146 Å². The fourth-order valence-electron chi connectivity index (χ4n) is 2.22. The molecule has 0 saturated heterocycles. The van der Waals surface area contributed by atoms with E-state index in [-0.39, 0.29) is 18.1 Å². The van der Waals surface area contributed by atoms with Crippen molar-refractivity contribution in [3.05, 3.63) is 65.5 Å². The Bertz CT molecular complexity index is 915. The largest absolute Gasteiger partial charge is 0.345 e. The second-order valence-corrected chi connectivity index (χ2v) is 5.84. The van der Waals surface area contributed by atoms with E-state index in [0.717, 1.165) is 17.0 Å². The number of hydrogen-bond acceptors (Lipinski definition) is 5. The summed E-state index contributed by atoms with van der Waals surface area (Å²) < 4.78 is 27.7. The van der Waals surface area contributed by atoms with Crippen LogP contribution in [0.5, 0.6) is 0 Å². The summed E-state index contributed by atoms with van der Waals surface area (Å²) in [5.41, 5.74) is 0.805. The van der Waals surface area contributed by atoms with E-state index >= 15 is 0 Å². The van der Waals surface area contributed by atoms with Crippen molar-refractivity contribution in [2.24, 2.45) is 0 Å². The molecule has 128 valence electrons. The van der Waals surface area contributed by atoms with Crippen molar-refractivity contribution >= 4 is 17.7 Å². The van der Waals surface area contributed by atoms with Crippen molar-refractivity contribution in [2.75, 3.05) is 6.26 Å². The van der Waals surface area contributed by atoms with Gasteiger partial charge in [-0.25, -0.2) is 8.78 Å². The van der Waals surface area contributed by atoms with E-state index in [1.165, 1.54) is 22.5 Å². The molecule has 0 saturated carbocycles. The van der Waals surface area contributed by atoms with Crippen LogP contribution in [0.15, 0.2) is 47.4 Å². The molecule has 6 nitrogen and oxygen atoms in total. The average Bonchev–Trinajstić information content (AvgIpc) is 3.10. The summed E-state index contributed by atoms with van der Waals surface area (Å²) in [4.78, 5) is 13.2. The summed E-state index contributed by atoms with van der Waals surface area (Å²) in [6.45, 7) is 0.0353. The van der Waals surface area contributed by atoms with E-state index in [2.05, 4.69) is 20.8 Å². The Balaban J connectivity index is 1.77. The van der Waals surface area contributed by atoms with Crippen LogP contribution in [0.1, 0.15) is 16.2 Å². The molecule has 1 amide bonds. The third kappa shape index (κ3) is 3.66. The molecule has 1 aromatic heterocycles. The molecule has 9 heteroatoms. The molecule has 25 heavy (non-hydrogen) atoms. The van der Waals surface area contributed by atoms with Crippen LogP contribution in [0.3, 0.4) is 0 Å². The zero-order valence-corrected chi connectivity index (χ0v) is 13.9. The highest BCUT2D eigenvalue weighted by Crippen LogP contribution is 2.19. The third-order valence-electron chi connectivity index (χ3n) is 3.44. The molecule has 0 spiro atoms. The fourth-order valence-corrected chi connectivity index (χ4v) is 2.82. The van der Waals surface area contributed by atoms with Gasteiger partial charge in [-0.3, -0.25) is 4.79 Å². The molecule has 0 aliphatic carbocycles. The summed E-state index contributed by atoms with van der Waals surface area (Å²) in [5, 5.41) is 13.8. The number of carbonyl (C=O) groups excluding carboxylic acids is 1. The predicted octanol–water partition coefficient (Wildman–Crippen LogP) is 2.59. The van der Waals surface area contributed by atoms with Gasteiger partial charge in [0.05, 0.1) is 17.8 Å². The minimum absolute atomic E-state index is 0.0353. The maximum absolute atomic E-state index is 13.4. The molecule has 1 heterocycles. The summed E-state index contributed by atoms with van der Waals surface area (Å²) in [6.07, 6.45) is 1.88. The molecule has 0 atom stereocenters. The summed E-state index contributed by atoms with van der Waals surface area (Å²) in [6, 6.07) is 10.5. The first-order valence-electron chi connectivity index (χ1n) is 7.24. The van der Waals surface area contributed by atoms with E-state index in [4.69, 9.17) is 0 Å². The van der Waals surface area contributed by atoms with Crippen molar-refractivity contribution in [3.8, 4) is 5.69 Å². The van der Waals surface area contributed by atoms with Gasteiger partial charge in [0.1, 0.15) is 0 Å². The van der Waals surface area contributed by atoms with Gasteiger partial charge in [0.15, 0.2) is 17.5 Å². The Morgan fingerprint density at radius 3 is 2.76 bits per heavy atom. The monoisotopic (exact) mass is 361 g/mol. The highest BCUT2D eigenvalue weighted by atomic mass is 32.2. The Morgan fingerprint density at radius 2 is 2.00 bits per heavy atom. The Kier molecular flexibility index (Phi) is 5.03. The number of benzene rings is 2. The molecular formula is C16H13F2N5OS. The van der Waals surface area contributed by atoms with Crippen molar-refractivity contribution < 1.29 is 13.6 Å². The molecular weight excluding hydrogens is 348 g/mol. The lowest BCUT2D eigenvalue weighted by molar-refractivity contribution is 0.0946. The van der Waals surface area contributed by atoms with Gasteiger partial charge < -0.3 is 5.32 Å². The lowest BCUT2D eigenvalue weighted by Gasteiger charge is -2.09. The molecule has 0 aliphatic heterocycles. The normalized spacial score (nSPS) is 10.7. The van der Waals surface area contributed by atoms with Crippen LogP contribution >= 0.6 is 11.8 Å². The Morgan fingerprint density at radius 1 is 1.20 bits per heavy atom. The number of nitrogens with zero attached hydrogens (tertiary/aromatic N) is 4. The van der Waals surface area contributed by atoms with Gasteiger partial charge in [-0.05, 0) is 40.9 Å².